The summed E-state index contributed by atoms with van der Waals surface area (Å²) in [4.78, 5) is 2.33. The Bertz CT molecular complexity index is 425. The summed E-state index contributed by atoms with van der Waals surface area (Å²) in [6.07, 6.45) is 0. The molecule has 0 radical (unpaired) electrons. The zero-order valence-corrected chi connectivity index (χ0v) is 12.1. The molecule has 1 aliphatic heterocycles. The number of ether oxygens (including phenoxy) is 1. The van der Waals surface area contributed by atoms with Gasteiger partial charge in [-0.25, -0.2) is 0 Å². The van der Waals surface area contributed by atoms with Crippen LogP contribution in [-0.4, -0.2) is 39.2 Å². The minimum absolute atomic E-state index is 0.496. The van der Waals surface area contributed by atoms with Crippen molar-refractivity contribution in [2.45, 2.75) is 19.9 Å². The van der Waals surface area contributed by atoms with Crippen molar-refractivity contribution in [2.24, 2.45) is 5.92 Å². The molecule has 1 saturated heterocycles. The molecule has 2 rings (SSSR count). The van der Waals surface area contributed by atoms with Crippen molar-refractivity contribution >= 4 is 0 Å². The standard InChI is InChI=1S/C15H24N2O/c1-10-11(2)14(18-5)7-6-13(10)15(17(3)4)12-8-16-9-12/h6-7,12,15-16H,8-9H2,1-5H3. The van der Waals surface area contributed by atoms with Crippen molar-refractivity contribution in [3.63, 3.8) is 0 Å². The van der Waals surface area contributed by atoms with E-state index in [1.54, 1.807) is 7.11 Å². The maximum absolute atomic E-state index is 5.40. The lowest BCUT2D eigenvalue weighted by atomic mass is 9.84. The van der Waals surface area contributed by atoms with E-state index >= 15 is 0 Å². The van der Waals surface area contributed by atoms with Gasteiger partial charge in [0, 0.05) is 25.0 Å². The summed E-state index contributed by atoms with van der Waals surface area (Å²) in [5.74, 6) is 1.70. The van der Waals surface area contributed by atoms with E-state index in [0.29, 0.717) is 12.0 Å². The first-order valence-electron chi connectivity index (χ1n) is 6.57. The first-order valence-corrected chi connectivity index (χ1v) is 6.57. The molecule has 1 heterocycles. The highest BCUT2D eigenvalue weighted by Crippen LogP contribution is 2.35. The zero-order valence-electron chi connectivity index (χ0n) is 12.1. The second-order valence-corrected chi connectivity index (χ2v) is 5.43. The van der Waals surface area contributed by atoms with Crippen LogP contribution in [0.4, 0.5) is 0 Å². The van der Waals surface area contributed by atoms with E-state index in [0.717, 1.165) is 18.8 Å². The largest absolute Gasteiger partial charge is 0.496 e. The van der Waals surface area contributed by atoms with E-state index in [9.17, 15) is 0 Å². The van der Waals surface area contributed by atoms with Gasteiger partial charge in [-0.15, -0.1) is 0 Å². The quantitative estimate of drug-likeness (QED) is 0.883. The number of rotatable bonds is 4. The van der Waals surface area contributed by atoms with Crippen LogP contribution in [0.15, 0.2) is 12.1 Å². The van der Waals surface area contributed by atoms with Crippen molar-refractivity contribution < 1.29 is 4.74 Å². The van der Waals surface area contributed by atoms with Gasteiger partial charge in [0.05, 0.1) is 7.11 Å². The van der Waals surface area contributed by atoms with E-state index in [1.165, 1.54) is 16.7 Å². The van der Waals surface area contributed by atoms with Crippen LogP contribution >= 0.6 is 0 Å². The molecule has 0 amide bonds. The van der Waals surface area contributed by atoms with E-state index in [2.05, 4.69) is 50.3 Å². The lowest BCUT2D eigenvalue weighted by Crippen LogP contribution is -2.48. The monoisotopic (exact) mass is 248 g/mol. The van der Waals surface area contributed by atoms with Gasteiger partial charge >= 0.3 is 0 Å². The normalized spacial score (nSPS) is 17.7. The molecule has 0 saturated carbocycles. The van der Waals surface area contributed by atoms with Crippen LogP contribution in [0, 0.1) is 19.8 Å². The summed E-state index contributed by atoms with van der Waals surface area (Å²) >= 11 is 0. The third kappa shape index (κ3) is 2.25. The first kappa shape index (κ1) is 13.4. The Morgan fingerprint density at radius 2 is 1.89 bits per heavy atom. The molecular formula is C15H24N2O. The molecule has 1 unspecified atom stereocenters. The average molecular weight is 248 g/mol. The van der Waals surface area contributed by atoms with Gasteiger partial charge in [0.2, 0.25) is 0 Å². The van der Waals surface area contributed by atoms with Crippen molar-refractivity contribution in [2.75, 3.05) is 34.3 Å². The Hall–Kier alpha value is -1.06. The molecule has 0 aromatic heterocycles. The maximum Gasteiger partial charge on any atom is 0.122 e. The van der Waals surface area contributed by atoms with E-state index in [-0.39, 0.29) is 0 Å². The molecule has 0 aliphatic carbocycles. The van der Waals surface area contributed by atoms with Gasteiger partial charge in [-0.2, -0.15) is 0 Å². The molecule has 1 fully saturated rings. The Morgan fingerprint density at radius 1 is 1.22 bits per heavy atom. The smallest absolute Gasteiger partial charge is 0.122 e. The molecule has 100 valence electrons. The van der Waals surface area contributed by atoms with Crippen molar-refractivity contribution in [3.05, 3.63) is 28.8 Å². The second kappa shape index (κ2) is 5.29. The molecule has 3 nitrogen and oxygen atoms in total. The number of benzene rings is 1. The van der Waals surface area contributed by atoms with Crippen LogP contribution in [0.25, 0.3) is 0 Å². The lowest BCUT2D eigenvalue weighted by molar-refractivity contribution is 0.160. The number of nitrogens with zero attached hydrogens (tertiary/aromatic N) is 1. The summed E-state index contributed by atoms with van der Waals surface area (Å²) in [6.45, 7) is 6.58. The molecule has 0 bridgehead atoms. The molecule has 1 aromatic rings. The predicted molar refractivity (Wildman–Crippen MR) is 75.3 cm³/mol. The van der Waals surface area contributed by atoms with Gasteiger partial charge in [-0.3, -0.25) is 0 Å². The summed E-state index contributed by atoms with van der Waals surface area (Å²) < 4.78 is 5.40. The molecule has 18 heavy (non-hydrogen) atoms. The van der Waals surface area contributed by atoms with Gasteiger partial charge in [-0.05, 0) is 50.7 Å². The van der Waals surface area contributed by atoms with Gasteiger partial charge in [0.15, 0.2) is 0 Å². The predicted octanol–water partition coefficient (Wildman–Crippen LogP) is 2.13. The second-order valence-electron chi connectivity index (χ2n) is 5.43. The zero-order chi connectivity index (χ0) is 13.3. The van der Waals surface area contributed by atoms with Crippen molar-refractivity contribution in [3.8, 4) is 5.75 Å². The van der Waals surface area contributed by atoms with Crippen LogP contribution in [0.1, 0.15) is 22.7 Å². The van der Waals surface area contributed by atoms with Crippen LogP contribution in [0.3, 0.4) is 0 Å². The average Bonchev–Trinajstić information content (AvgIpc) is 2.27. The summed E-state index contributed by atoms with van der Waals surface area (Å²) in [7, 11) is 6.07. The topological polar surface area (TPSA) is 24.5 Å². The van der Waals surface area contributed by atoms with Crippen molar-refractivity contribution in [1.29, 1.82) is 0 Å². The lowest BCUT2D eigenvalue weighted by Gasteiger charge is -2.39. The molecule has 1 atom stereocenters. The molecule has 3 heteroatoms. The number of nitrogens with one attached hydrogen (secondary N) is 1. The number of hydrogen-bond acceptors (Lipinski definition) is 3. The number of hydrogen-bond donors (Lipinski definition) is 1. The van der Waals surface area contributed by atoms with Crippen LogP contribution in [-0.2, 0) is 0 Å². The molecule has 1 aliphatic rings. The Balaban J connectivity index is 2.38. The number of methoxy groups -OCH3 is 1. The van der Waals surface area contributed by atoms with Crippen LogP contribution in [0.5, 0.6) is 5.75 Å². The fraction of sp³-hybridized carbons (Fsp3) is 0.600. The highest BCUT2D eigenvalue weighted by Gasteiger charge is 2.31. The fourth-order valence-corrected chi connectivity index (χ4v) is 2.85. The fourth-order valence-electron chi connectivity index (χ4n) is 2.85. The maximum atomic E-state index is 5.40. The molecular weight excluding hydrogens is 224 g/mol. The Morgan fingerprint density at radius 3 is 2.33 bits per heavy atom. The van der Waals surface area contributed by atoms with Gasteiger partial charge in [0.25, 0.3) is 0 Å². The van der Waals surface area contributed by atoms with Crippen LogP contribution < -0.4 is 10.1 Å². The third-order valence-electron chi connectivity index (χ3n) is 4.13. The SMILES string of the molecule is COc1ccc(C(C2CNC2)N(C)C)c(C)c1C. The van der Waals surface area contributed by atoms with Crippen molar-refractivity contribution in [1.82, 2.24) is 10.2 Å². The summed E-state index contributed by atoms with van der Waals surface area (Å²) in [6, 6.07) is 4.82. The van der Waals surface area contributed by atoms with Crippen LogP contribution in [0.2, 0.25) is 0 Å². The Labute approximate surface area is 110 Å². The van der Waals surface area contributed by atoms with Gasteiger partial charge in [-0.1, -0.05) is 6.07 Å². The van der Waals surface area contributed by atoms with E-state index < -0.39 is 0 Å². The first-order chi connectivity index (χ1) is 8.56. The summed E-state index contributed by atoms with van der Waals surface area (Å²) in [5.41, 5.74) is 4.05. The minimum Gasteiger partial charge on any atom is -0.496 e. The van der Waals surface area contributed by atoms with E-state index in [1.807, 2.05) is 0 Å². The molecule has 1 aromatic carbocycles. The molecule has 1 N–H and O–H groups in total. The third-order valence-corrected chi connectivity index (χ3v) is 4.13. The van der Waals surface area contributed by atoms with E-state index in [4.69, 9.17) is 4.74 Å². The minimum atomic E-state index is 0.496. The highest BCUT2D eigenvalue weighted by molar-refractivity contribution is 5.45. The summed E-state index contributed by atoms with van der Waals surface area (Å²) in [5, 5.41) is 3.37. The Kier molecular flexibility index (Phi) is 3.93. The van der Waals surface area contributed by atoms with Gasteiger partial charge in [0.1, 0.15) is 5.75 Å². The van der Waals surface area contributed by atoms with Gasteiger partial charge < -0.3 is 15.0 Å². The highest BCUT2D eigenvalue weighted by atomic mass is 16.5. The molecule has 0 spiro atoms.